The van der Waals surface area contributed by atoms with Gasteiger partial charge in [-0.15, -0.1) is 12.3 Å². The fourth-order valence-corrected chi connectivity index (χ4v) is 0.709. The molecule has 0 saturated carbocycles. The van der Waals surface area contributed by atoms with Gasteiger partial charge in [-0.3, -0.25) is 9.59 Å². The van der Waals surface area contributed by atoms with Crippen LogP contribution in [0.1, 0.15) is 6.42 Å². The lowest BCUT2D eigenvalue weighted by Crippen LogP contribution is -2.25. The van der Waals surface area contributed by atoms with Gasteiger partial charge in [0.1, 0.15) is 0 Å². The molecule has 0 aromatic carbocycles. The van der Waals surface area contributed by atoms with Gasteiger partial charge in [-0.05, 0) is 0 Å². The summed E-state index contributed by atoms with van der Waals surface area (Å²) < 4.78 is 8.84. The van der Waals surface area contributed by atoms with E-state index in [0.717, 1.165) is 12.5 Å². The molecule has 0 radical (unpaired) electrons. The van der Waals surface area contributed by atoms with E-state index >= 15 is 0 Å². The number of ether oxygens (including phenoxy) is 2. The molecule has 0 saturated heterocycles. The largest absolute Gasteiger partial charge is 0.434 e. The molecule has 0 spiro atoms. The van der Waals surface area contributed by atoms with Crippen molar-refractivity contribution < 1.29 is 19.1 Å². The Hall–Kier alpha value is -2.02. The van der Waals surface area contributed by atoms with E-state index in [1.54, 1.807) is 0 Å². The van der Waals surface area contributed by atoms with Gasteiger partial charge in [-0.25, -0.2) is 0 Å². The van der Waals surface area contributed by atoms with Crippen LogP contribution < -0.4 is 0 Å². The Morgan fingerprint density at radius 3 is 2.00 bits per heavy atom. The van der Waals surface area contributed by atoms with Crippen LogP contribution in [0.25, 0.3) is 0 Å². The van der Waals surface area contributed by atoms with E-state index in [2.05, 4.69) is 28.6 Å². The molecule has 0 aromatic heterocycles. The maximum Gasteiger partial charge on any atom is 0.326 e. The molecule has 14 heavy (non-hydrogen) atoms. The monoisotopic (exact) mass is 194 g/mol. The Morgan fingerprint density at radius 2 is 1.71 bits per heavy atom. The number of carbonyl (C=O) groups excluding carboxylic acids is 2. The summed E-state index contributed by atoms with van der Waals surface area (Å²) in [7, 11) is 0. The summed E-state index contributed by atoms with van der Waals surface area (Å²) in [6.07, 6.45) is 6.74. The van der Waals surface area contributed by atoms with Gasteiger partial charge < -0.3 is 9.47 Å². The van der Waals surface area contributed by atoms with Crippen molar-refractivity contribution in [2.45, 2.75) is 6.42 Å². The van der Waals surface area contributed by atoms with Crippen molar-refractivity contribution in [1.29, 1.82) is 0 Å². The zero-order valence-electron chi connectivity index (χ0n) is 7.56. The second kappa shape index (κ2) is 6.49. The highest BCUT2D eigenvalue weighted by molar-refractivity contribution is 5.95. The first-order valence-electron chi connectivity index (χ1n) is 3.73. The normalized spacial score (nSPS) is 8.57. The van der Waals surface area contributed by atoms with Crippen molar-refractivity contribution in [3.8, 4) is 12.3 Å². The maximum atomic E-state index is 11.1. The molecule has 0 atom stereocenters. The molecule has 0 aromatic rings. The molecule has 0 bridgehead atoms. The first kappa shape index (κ1) is 12.0. The van der Waals surface area contributed by atoms with Crippen LogP contribution in [0.2, 0.25) is 0 Å². The van der Waals surface area contributed by atoms with Crippen molar-refractivity contribution in [1.82, 2.24) is 0 Å². The van der Waals surface area contributed by atoms with Crippen molar-refractivity contribution >= 4 is 11.9 Å². The second-order valence-electron chi connectivity index (χ2n) is 2.17. The summed E-state index contributed by atoms with van der Waals surface area (Å²) in [6.45, 7) is 6.36. The summed E-state index contributed by atoms with van der Waals surface area (Å²) in [5.41, 5.74) is 0. The Kier molecular flexibility index (Phi) is 5.55. The summed E-state index contributed by atoms with van der Waals surface area (Å²) in [4.78, 5) is 22.3. The van der Waals surface area contributed by atoms with Crippen LogP contribution in [0.3, 0.4) is 0 Å². The first-order valence-corrected chi connectivity index (χ1v) is 3.73. The topological polar surface area (TPSA) is 52.6 Å². The minimum absolute atomic E-state index is 0.0840. The SMILES string of the molecule is C#CCC(C(=O)OC=C)C(=O)OC=C. The molecular weight excluding hydrogens is 184 g/mol. The molecule has 0 unspecified atom stereocenters. The van der Waals surface area contributed by atoms with Crippen molar-refractivity contribution in [3.05, 3.63) is 25.7 Å². The molecule has 0 rings (SSSR count). The van der Waals surface area contributed by atoms with Crippen LogP contribution in [0.15, 0.2) is 25.7 Å². The minimum atomic E-state index is -1.13. The molecule has 4 heteroatoms. The van der Waals surface area contributed by atoms with Gasteiger partial charge in [-0.1, -0.05) is 13.2 Å². The zero-order chi connectivity index (χ0) is 11.0. The third kappa shape index (κ3) is 3.59. The number of rotatable bonds is 5. The van der Waals surface area contributed by atoms with Gasteiger partial charge in [-0.2, -0.15) is 0 Å². The van der Waals surface area contributed by atoms with Crippen LogP contribution in [0.5, 0.6) is 0 Å². The molecule has 0 fully saturated rings. The van der Waals surface area contributed by atoms with E-state index in [9.17, 15) is 9.59 Å². The quantitative estimate of drug-likeness (QED) is 0.283. The number of esters is 2. The van der Waals surface area contributed by atoms with E-state index in [-0.39, 0.29) is 6.42 Å². The smallest absolute Gasteiger partial charge is 0.326 e. The number of hydrogen-bond donors (Lipinski definition) is 0. The highest BCUT2D eigenvalue weighted by Gasteiger charge is 2.28. The summed E-state index contributed by atoms with van der Waals surface area (Å²) in [6, 6.07) is 0. The standard InChI is InChI=1S/C10H10O4/c1-4-7-8(9(11)13-5-2)10(12)14-6-3/h1,5-6,8H,2-3,7H2. The number of carbonyl (C=O) groups is 2. The lowest BCUT2D eigenvalue weighted by atomic mass is 10.1. The average molecular weight is 194 g/mol. The fraction of sp³-hybridized carbons (Fsp3) is 0.200. The van der Waals surface area contributed by atoms with Gasteiger partial charge >= 0.3 is 11.9 Å². The minimum Gasteiger partial charge on any atom is -0.434 e. The second-order valence-corrected chi connectivity index (χ2v) is 2.17. The molecule has 0 amide bonds. The molecule has 0 aliphatic heterocycles. The Balaban J connectivity index is 4.50. The van der Waals surface area contributed by atoms with Crippen LogP contribution in [0, 0.1) is 18.3 Å². The molecule has 4 nitrogen and oxygen atoms in total. The number of terminal acetylenes is 1. The van der Waals surface area contributed by atoms with Gasteiger partial charge in [0, 0.05) is 6.42 Å². The average Bonchev–Trinajstić information content (AvgIpc) is 2.14. The maximum absolute atomic E-state index is 11.1. The Morgan fingerprint density at radius 1 is 1.29 bits per heavy atom. The predicted octanol–water partition coefficient (Wildman–Crippen LogP) is 0.999. The highest BCUT2D eigenvalue weighted by atomic mass is 16.5. The van der Waals surface area contributed by atoms with Crippen molar-refractivity contribution in [2.24, 2.45) is 5.92 Å². The third-order valence-corrected chi connectivity index (χ3v) is 1.29. The van der Waals surface area contributed by atoms with Crippen LogP contribution in [-0.2, 0) is 19.1 Å². The van der Waals surface area contributed by atoms with Gasteiger partial charge in [0.05, 0.1) is 12.5 Å². The Bertz CT molecular complexity index is 263. The van der Waals surface area contributed by atoms with Gasteiger partial charge in [0.2, 0.25) is 0 Å². The van der Waals surface area contributed by atoms with Gasteiger partial charge in [0.15, 0.2) is 5.92 Å². The van der Waals surface area contributed by atoms with Crippen LogP contribution in [0.4, 0.5) is 0 Å². The molecule has 0 aliphatic rings. The van der Waals surface area contributed by atoms with Crippen molar-refractivity contribution in [3.63, 3.8) is 0 Å². The summed E-state index contributed by atoms with van der Waals surface area (Å²) in [5.74, 6) is -0.527. The van der Waals surface area contributed by atoms with Gasteiger partial charge in [0.25, 0.3) is 0 Å². The third-order valence-electron chi connectivity index (χ3n) is 1.29. The Labute approximate surface area is 82.2 Å². The first-order chi connectivity index (χ1) is 6.67. The fourth-order valence-electron chi connectivity index (χ4n) is 0.709. The molecular formula is C10H10O4. The molecule has 0 N–H and O–H groups in total. The molecule has 0 heterocycles. The summed E-state index contributed by atoms with van der Waals surface area (Å²) in [5, 5.41) is 0. The van der Waals surface area contributed by atoms with Crippen LogP contribution >= 0.6 is 0 Å². The number of hydrogen-bond acceptors (Lipinski definition) is 4. The highest BCUT2D eigenvalue weighted by Crippen LogP contribution is 2.08. The predicted molar refractivity (Wildman–Crippen MR) is 49.5 cm³/mol. The van der Waals surface area contributed by atoms with E-state index < -0.39 is 17.9 Å². The molecule has 74 valence electrons. The van der Waals surface area contributed by atoms with E-state index in [1.807, 2.05) is 0 Å². The lowest BCUT2D eigenvalue weighted by molar-refractivity contribution is -0.155. The van der Waals surface area contributed by atoms with E-state index in [1.165, 1.54) is 0 Å². The lowest BCUT2D eigenvalue weighted by Gasteiger charge is -2.08. The summed E-state index contributed by atoms with van der Waals surface area (Å²) >= 11 is 0. The molecule has 0 aliphatic carbocycles. The van der Waals surface area contributed by atoms with Crippen LogP contribution in [-0.4, -0.2) is 11.9 Å². The van der Waals surface area contributed by atoms with Crippen molar-refractivity contribution in [2.75, 3.05) is 0 Å². The zero-order valence-corrected chi connectivity index (χ0v) is 7.56. The van der Waals surface area contributed by atoms with E-state index in [4.69, 9.17) is 6.42 Å². The van der Waals surface area contributed by atoms with E-state index in [0.29, 0.717) is 0 Å².